The van der Waals surface area contributed by atoms with Gasteiger partial charge in [-0.3, -0.25) is 9.89 Å². The predicted molar refractivity (Wildman–Crippen MR) is 91.8 cm³/mol. The van der Waals surface area contributed by atoms with Gasteiger partial charge in [-0.2, -0.15) is 5.10 Å². The Balaban J connectivity index is 1.56. The number of amides is 1. The van der Waals surface area contributed by atoms with Crippen LogP contribution in [0.4, 0.5) is 4.39 Å². The van der Waals surface area contributed by atoms with Crippen molar-refractivity contribution in [3.8, 4) is 11.3 Å². The van der Waals surface area contributed by atoms with Crippen LogP contribution in [0.15, 0.2) is 24.3 Å². The second-order valence-corrected chi connectivity index (χ2v) is 6.89. The summed E-state index contributed by atoms with van der Waals surface area (Å²) in [5.74, 6) is -0.273. The first-order valence-electron chi connectivity index (χ1n) is 8.88. The number of aryl methyl sites for hydroxylation is 1. The van der Waals surface area contributed by atoms with E-state index in [0.29, 0.717) is 30.1 Å². The first kappa shape index (κ1) is 16.3. The Hall–Kier alpha value is -2.21. The molecule has 2 aromatic rings. The lowest BCUT2D eigenvalue weighted by Gasteiger charge is -2.43. The van der Waals surface area contributed by atoms with Gasteiger partial charge in [-0.1, -0.05) is 12.8 Å². The van der Waals surface area contributed by atoms with E-state index >= 15 is 0 Å². The van der Waals surface area contributed by atoms with E-state index in [9.17, 15) is 9.18 Å². The van der Waals surface area contributed by atoms with E-state index < -0.39 is 0 Å². The van der Waals surface area contributed by atoms with Crippen molar-refractivity contribution in [1.82, 2.24) is 15.1 Å². The zero-order valence-corrected chi connectivity index (χ0v) is 14.3. The molecule has 2 fully saturated rings. The third-order valence-electron chi connectivity index (χ3n) is 5.25. The zero-order valence-electron chi connectivity index (χ0n) is 14.3. The molecule has 1 aliphatic carbocycles. The van der Waals surface area contributed by atoms with E-state index in [1.807, 2.05) is 4.90 Å². The number of hydrogen-bond acceptors (Lipinski definition) is 3. The van der Waals surface area contributed by atoms with E-state index in [1.165, 1.54) is 12.5 Å². The van der Waals surface area contributed by atoms with Crippen molar-refractivity contribution in [2.24, 2.45) is 0 Å². The molecule has 1 aliphatic heterocycles. The largest absolute Gasteiger partial charge is 0.374 e. The van der Waals surface area contributed by atoms with Gasteiger partial charge in [0.1, 0.15) is 11.5 Å². The van der Waals surface area contributed by atoms with E-state index in [4.69, 9.17) is 4.74 Å². The molecule has 2 atom stereocenters. The number of fused-ring (bicyclic) bond motifs is 1. The van der Waals surface area contributed by atoms with Crippen LogP contribution in [0.1, 0.15) is 41.7 Å². The number of H-pyrrole nitrogens is 1. The molecule has 2 unspecified atom stereocenters. The number of nitrogens with one attached hydrogen (secondary N) is 1. The summed E-state index contributed by atoms with van der Waals surface area (Å²) < 4.78 is 19.3. The number of rotatable bonds is 2. The molecule has 1 saturated carbocycles. The van der Waals surface area contributed by atoms with Gasteiger partial charge in [0.15, 0.2) is 0 Å². The van der Waals surface area contributed by atoms with Gasteiger partial charge < -0.3 is 9.64 Å². The van der Waals surface area contributed by atoms with E-state index in [0.717, 1.165) is 24.8 Å². The van der Waals surface area contributed by atoms with Crippen molar-refractivity contribution < 1.29 is 13.9 Å². The van der Waals surface area contributed by atoms with Crippen LogP contribution in [0.3, 0.4) is 0 Å². The number of carbonyl (C=O) groups excluding carboxylic acids is 1. The number of aromatic amines is 1. The number of carbonyl (C=O) groups is 1. The van der Waals surface area contributed by atoms with Crippen molar-refractivity contribution in [3.05, 3.63) is 41.3 Å². The van der Waals surface area contributed by atoms with Crippen LogP contribution in [-0.2, 0) is 4.74 Å². The first-order valence-corrected chi connectivity index (χ1v) is 8.88. The summed E-state index contributed by atoms with van der Waals surface area (Å²) >= 11 is 0. The van der Waals surface area contributed by atoms with Crippen molar-refractivity contribution in [1.29, 1.82) is 0 Å². The van der Waals surface area contributed by atoms with Gasteiger partial charge in [0.2, 0.25) is 0 Å². The lowest BCUT2D eigenvalue weighted by molar-refractivity contribution is -0.0754. The predicted octanol–water partition coefficient (Wildman–Crippen LogP) is 3.31. The Morgan fingerprint density at radius 1 is 1.32 bits per heavy atom. The number of halogens is 1. The molecule has 6 heteroatoms. The molecule has 0 bridgehead atoms. The highest BCUT2D eigenvalue weighted by molar-refractivity contribution is 5.93. The highest BCUT2D eigenvalue weighted by atomic mass is 19.1. The van der Waals surface area contributed by atoms with Crippen LogP contribution in [0.5, 0.6) is 0 Å². The van der Waals surface area contributed by atoms with Crippen LogP contribution < -0.4 is 0 Å². The summed E-state index contributed by atoms with van der Waals surface area (Å²) in [6, 6.07) is 6.76. The van der Waals surface area contributed by atoms with Crippen LogP contribution >= 0.6 is 0 Å². The highest BCUT2D eigenvalue weighted by Gasteiger charge is 2.37. The lowest BCUT2D eigenvalue weighted by Crippen LogP contribution is -2.54. The van der Waals surface area contributed by atoms with Gasteiger partial charge >= 0.3 is 0 Å². The molecule has 132 valence electrons. The zero-order chi connectivity index (χ0) is 17.4. The molecule has 1 aromatic carbocycles. The Labute approximate surface area is 146 Å². The maximum absolute atomic E-state index is 13.4. The second kappa shape index (κ2) is 6.59. The minimum Gasteiger partial charge on any atom is -0.374 e. The van der Waals surface area contributed by atoms with Crippen LogP contribution in [-0.4, -0.2) is 46.3 Å². The van der Waals surface area contributed by atoms with Gasteiger partial charge in [-0.05, 0) is 49.6 Å². The summed E-state index contributed by atoms with van der Waals surface area (Å²) in [7, 11) is 0. The fourth-order valence-corrected chi connectivity index (χ4v) is 3.89. The third-order valence-corrected chi connectivity index (χ3v) is 5.25. The molecule has 1 amide bonds. The van der Waals surface area contributed by atoms with E-state index in [2.05, 4.69) is 10.2 Å². The molecule has 4 rings (SSSR count). The van der Waals surface area contributed by atoms with Crippen LogP contribution in [0.2, 0.25) is 0 Å². The molecule has 0 spiro atoms. The fourth-order valence-electron chi connectivity index (χ4n) is 3.89. The molecule has 1 saturated heterocycles. The van der Waals surface area contributed by atoms with E-state index in [-0.39, 0.29) is 23.9 Å². The van der Waals surface area contributed by atoms with Crippen LogP contribution in [0.25, 0.3) is 11.3 Å². The molecule has 0 radical (unpaired) electrons. The van der Waals surface area contributed by atoms with Crippen molar-refractivity contribution in [3.63, 3.8) is 0 Å². The number of nitrogens with zero attached hydrogens (tertiary/aromatic N) is 2. The second-order valence-electron chi connectivity index (χ2n) is 6.89. The van der Waals surface area contributed by atoms with Gasteiger partial charge in [-0.15, -0.1) is 0 Å². The topological polar surface area (TPSA) is 58.2 Å². The Kier molecular flexibility index (Phi) is 4.29. The molecule has 5 nitrogen and oxygen atoms in total. The summed E-state index contributed by atoms with van der Waals surface area (Å²) in [5.41, 5.74) is 2.49. The van der Waals surface area contributed by atoms with Crippen molar-refractivity contribution in [2.75, 3.05) is 13.2 Å². The Morgan fingerprint density at radius 2 is 2.16 bits per heavy atom. The average Bonchev–Trinajstić information content (AvgIpc) is 3.13. The number of benzene rings is 1. The molecule has 1 N–H and O–H groups in total. The number of hydrogen-bond donors (Lipinski definition) is 1. The van der Waals surface area contributed by atoms with Gasteiger partial charge in [0.25, 0.3) is 5.91 Å². The van der Waals surface area contributed by atoms with Gasteiger partial charge in [0.05, 0.1) is 24.4 Å². The van der Waals surface area contributed by atoms with E-state index in [1.54, 1.807) is 25.1 Å². The van der Waals surface area contributed by atoms with Gasteiger partial charge in [-0.25, -0.2) is 4.39 Å². The minimum atomic E-state index is -0.243. The quantitative estimate of drug-likeness (QED) is 0.910. The standard InChI is InChI=1S/C19H22FN3O2/c1-12-10-13(6-7-14(12)20)15-11-16(22-21-15)19(24)23-8-9-25-18-5-3-2-4-17(18)23/h6-7,10-11,17-18H,2-5,8-9H2,1H3,(H,21,22). The maximum Gasteiger partial charge on any atom is 0.272 e. The maximum atomic E-state index is 13.4. The molecule has 1 aromatic heterocycles. The molecule has 2 heterocycles. The minimum absolute atomic E-state index is 0.0298. The number of ether oxygens (including phenoxy) is 1. The molecular formula is C19H22FN3O2. The molecule has 2 aliphatic rings. The van der Waals surface area contributed by atoms with Crippen molar-refractivity contribution >= 4 is 5.91 Å². The average molecular weight is 343 g/mol. The Morgan fingerprint density at radius 3 is 3.00 bits per heavy atom. The first-order chi connectivity index (χ1) is 12.1. The number of morpholine rings is 1. The fraction of sp³-hybridized carbons (Fsp3) is 0.474. The normalized spacial score (nSPS) is 23.4. The highest BCUT2D eigenvalue weighted by Crippen LogP contribution is 2.30. The summed E-state index contributed by atoms with van der Waals surface area (Å²) in [6.45, 7) is 2.92. The monoisotopic (exact) mass is 343 g/mol. The van der Waals surface area contributed by atoms with Crippen molar-refractivity contribution in [2.45, 2.75) is 44.8 Å². The molecule has 25 heavy (non-hydrogen) atoms. The van der Waals surface area contributed by atoms with Gasteiger partial charge in [0, 0.05) is 12.1 Å². The lowest BCUT2D eigenvalue weighted by atomic mass is 9.90. The number of aromatic nitrogens is 2. The summed E-state index contributed by atoms with van der Waals surface area (Å²) in [5, 5.41) is 7.11. The molecular weight excluding hydrogens is 321 g/mol. The third kappa shape index (κ3) is 3.06. The smallest absolute Gasteiger partial charge is 0.272 e. The SMILES string of the molecule is Cc1cc(-c2cc(C(=O)N3CCOC4CCCCC43)[nH]n2)ccc1F. The summed E-state index contributed by atoms with van der Waals surface area (Å²) in [6.07, 6.45) is 4.48. The summed E-state index contributed by atoms with van der Waals surface area (Å²) in [4.78, 5) is 14.9. The Bertz CT molecular complexity index is 787. The van der Waals surface area contributed by atoms with Crippen LogP contribution in [0, 0.1) is 12.7 Å².